The van der Waals surface area contributed by atoms with E-state index in [9.17, 15) is 19.7 Å². The number of hydrogen-bond donors (Lipinski definition) is 1. The molecule has 1 N–H and O–H groups in total. The third-order valence-electron chi connectivity index (χ3n) is 3.38. The number of carbonyl (C=O) groups is 2. The van der Waals surface area contributed by atoms with E-state index in [1.165, 1.54) is 42.5 Å². The van der Waals surface area contributed by atoms with Gasteiger partial charge in [0.05, 0.1) is 29.3 Å². The molecule has 0 aromatic heterocycles. The number of esters is 1. The van der Waals surface area contributed by atoms with Gasteiger partial charge >= 0.3 is 11.9 Å². The monoisotopic (exact) mass is 375 g/mol. The van der Waals surface area contributed by atoms with Crippen molar-refractivity contribution in [2.45, 2.75) is 0 Å². The normalized spacial score (nSPS) is 10.2. The van der Waals surface area contributed by atoms with Crippen molar-refractivity contribution in [1.82, 2.24) is 0 Å². The highest BCUT2D eigenvalue weighted by Crippen LogP contribution is 2.17. The van der Waals surface area contributed by atoms with Gasteiger partial charge in [-0.2, -0.15) is 0 Å². The predicted molar refractivity (Wildman–Crippen MR) is 93.1 cm³/mol. The molecule has 0 unspecified atom stereocenters. The lowest BCUT2D eigenvalue weighted by molar-refractivity contribution is -0.384. The van der Waals surface area contributed by atoms with Gasteiger partial charge in [0.2, 0.25) is 0 Å². The zero-order valence-electron chi connectivity index (χ0n) is 14.2. The minimum Gasteiger partial charge on any atom is -0.491 e. The summed E-state index contributed by atoms with van der Waals surface area (Å²) < 4.78 is 15.6. The fourth-order valence-electron chi connectivity index (χ4n) is 2.10. The number of nitro benzene ring substituents is 1. The first kappa shape index (κ1) is 19.9. The second-order valence-corrected chi connectivity index (χ2v) is 5.20. The van der Waals surface area contributed by atoms with Gasteiger partial charge in [0.25, 0.3) is 5.69 Å². The van der Waals surface area contributed by atoms with Crippen LogP contribution in [0.4, 0.5) is 5.69 Å². The van der Waals surface area contributed by atoms with Gasteiger partial charge in [-0.3, -0.25) is 10.1 Å². The quantitative estimate of drug-likeness (QED) is 0.291. The molecular weight excluding hydrogens is 358 g/mol. The molecule has 142 valence electrons. The fraction of sp³-hybridized carbons (Fsp3) is 0.222. The summed E-state index contributed by atoms with van der Waals surface area (Å²) >= 11 is 0. The predicted octanol–water partition coefficient (Wildman–Crippen LogP) is 2.55. The first-order valence-electron chi connectivity index (χ1n) is 7.93. The fourth-order valence-corrected chi connectivity index (χ4v) is 2.10. The van der Waals surface area contributed by atoms with Crippen LogP contribution in [0, 0.1) is 10.1 Å². The second-order valence-electron chi connectivity index (χ2n) is 5.20. The molecule has 2 aromatic carbocycles. The van der Waals surface area contributed by atoms with E-state index in [2.05, 4.69) is 0 Å². The first-order valence-corrected chi connectivity index (χ1v) is 7.93. The molecule has 0 amide bonds. The van der Waals surface area contributed by atoms with Crippen molar-refractivity contribution in [1.29, 1.82) is 0 Å². The summed E-state index contributed by atoms with van der Waals surface area (Å²) in [4.78, 5) is 33.0. The number of hydrogen-bond acceptors (Lipinski definition) is 7. The average molecular weight is 375 g/mol. The molecule has 0 spiro atoms. The Morgan fingerprint density at radius 2 is 1.56 bits per heavy atom. The number of carbonyl (C=O) groups excluding carboxylic acids is 1. The Balaban J connectivity index is 1.64. The maximum atomic E-state index is 11.9. The van der Waals surface area contributed by atoms with E-state index < -0.39 is 16.9 Å². The Morgan fingerprint density at radius 1 is 0.926 bits per heavy atom. The summed E-state index contributed by atoms with van der Waals surface area (Å²) in [6, 6.07) is 11.4. The average Bonchev–Trinajstić information content (AvgIpc) is 2.67. The first-order chi connectivity index (χ1) is 13.0. The van der Waals surface area contributed by atoms with Crippen LogP contribution in [0.25, 0.3) is 0 Å². The SMILES string of the molecule is O=C(O)c1ccccc1C(=O)OCCOCCOc1ccc([N+](=O)[O-])cc1. The van der Waals surface area contributed by atoms with Gasteiger partial charge in [-0.1, -0.05) is 12.1 Å². The van der Waals surface area contributed by atoms with Crippen molar-refractivity contribution < 1.29 is 33.8 Å². The van der Waals surface area contributed by atoms with Crippen LogP contribution < -0.4 is 4.74 Å². The summed E-state index contributed by atoms with van der Waals surface area (Å²) in [7, 11) is 0. The van der Waals surface area contributed by atoms with Crippen molar-refractivity contribution in [3.05, 3.63) is 69.8 Å². The molecule has 2 aromatic rings. The summed E-state index contributed by atoms with van der Waals surface area (Å²) in [5.74, 6) is -1.47. The summed E-state index contributed by atoms with van der Waals surface area (Å²) in [5, 5.41) is 19.6. The van der Waals surface area contributed by atoms with Crippen molar-refractivity contribution >= 4 is 17.6 Å². The Morgan fingerprint density at radius 3 is 2.19 bits per heavy atom. The third-order valence-corrected chi connectivity index (χ3v) is 3.38. The van der Waals surface area contributed by atoms with Gasteiger partial charge in [-0.25, -0.2) is 9.59 Å². The van der Waals surface area contributed by atoms with Gasteiger partial charge < -0.3 is 19.3 Å². The van der Waals surface area contributed by atoms with Crippen LogP contribution in [0.2, 0.25) is 0 Å². The summed E-state index contributed by atoms with van der Waals surface area (Å²) in [6.07, 6.45) is 0. The molecule has 0 heterocycles. The summed E-state index contributed by atoms with van der Waals surface area (Å²) in [5.41, 5.74) is -0.170. The highest BCUT2D eigenvalue weighted by molar-refractivity contribution is 6.02. The maximum absolute atomic E-state index is 11.9. The smallest absolute Gasteiger partial charge is 0.339 e. The van der Waals surface area contributed by atoms with Crippen molar-refractivity contribution in [3.8, 4) is 5.75 Å². The van der Waals surface area contributed by atoms with E-state index in [0.717, 1.165) is 0 Å². The van der Waals surface area contributed by atoms with Crippen LogP contribution >= 0.6 is 0 Å². The van der Waals surface area contributed by atoms with Crippen LogP contribution in [0.15, 0.2) is 48.5 Å². The van der Waals surface area contributed by atoms with Crippen molar-refractivity contribution in [2.24, 2.45) is 0 Å². The van der Waals surface area contributed by atoms with Crippen LogP contribution in [-0.4, -0.2) is 48.4 Å². The Kier molecular flexibility index (Phi) is 7.26. The molecule has 0 fully saturated rings. The van der Waals surface area contributed by atoms with Gasteiger partial charge in [-0.05, 0) is 24.3 Å². The van der Waals surface area contributed by atoms with Crippen LogP contribution in [-0.2, 0) is 9.47 Å². The minimum absolute atomic E-state index is 0.0218. The molecular formula is C18H17NO8. The van der Waals surface area contributed by atoms with E-state index in [1.807, 2.05) is 0 Å². The number of aromatic carboxylic acids is 1. The van der Waals surface area contributed by atoms with Crippen molar-refractivity contribution in [2.75, 3.05) is 26.4 Å². The van der Waals surface area contributed by atoms with Gasteiger partial charge in [0, 0.05) is 12.1 Å². The zero-order chi connectivity index (χ0) is 19.6. The molecule has 27 heavy (non-hydrogen) atoms. The van der Waals surface area contributed by atoms with E-state index in [4.69, 9.17) is 19.3 Å². The Hall–Kier alpha value is -3.46. The number of benzene rings is 2. The Labute approximate surface area is 154 Å². The van der Waals surface area contributed by atoms with Gasteiger partial charge in [0.1, 0.15) is 19.0 Å². The number of nitro groups is 1. The molecule has 0 aliphatic heterocycles. The second kappa shape index (κ2) is 9.88. The largest absolute Gasteiger partial charge is 0.491 e. The minimum atomic E-state index is -1.21. The number of carboxylic acid groups (broad SMARTS) is 1. The standard InChI is InChI=1S/C18H17NO8/c20-17(21)15-3-1-2-4-16(15)18(22)27-12-10-25-9-11-26-14-7-5-13(6-8-14)19(23)24/h1-8H,9-12H2,(H,20,21). The molecule has 2 rings (SSSR count). The maximum Gasteiger partial charge on any atom is 0.339 e. The molecule has 0 saturated carbocycles. The molecule has 9 nitrogen and oxygen atoms in total. The topological polar surface area (TPSA) is 125 Å². The van der Waals surface area contributed by atoms with E-state index in [1.54, 1.807) is 6.07 Å². The highest BCUT2D eigenvalue weighted by atomic mass is 16.6. The number of ether oxygens (including phenoxy) is 3. The lowest BCUT2D eigenvalue weighted by atomic mass is 10.1. The Bertz CT molecular complexity index is 803. The lowest BCUT2D eigenvalue weighted by Gasteiger charge is -2.09. The van der Waals surface area contributed by atoms with Crippen molar-refractivity contribution in [3.63, 3.8) is 0 Å². The number of carboxylic acids is 1. The molecule has 0 aliphatic rings. The molecule has 0 bridgehead atoms. The van der Waals surface area contributed by atoms with Crippen LogP contribution in [0.3, 0.4) is 0 Å². The van der Waals surface area contributed by atoms with Gasteiger partial charge in [0.15, 0.2) is 0 Å². The van der Waals surface area contributed by atoms with Gasteiger partial charge in [-0.15, -0.1) is 0 Å². The molecule has 0 radical (unpaired) electrons. The van der Waals surface area contributed by atoms with E-state index >= 15 is 0 Å². The lowest BCUT2D eigenvalue weighted by Crippen LogP contribution is -2.16. The molecule has 0 aliphatic carbocycles. The molecule has 0 saturated heterocycles. The van der Waals surface area contributed by atoms with E-state index in [0.29, 0.717) is 5.75 Å². The van der Waals surface area contributed by atoms with Crippen LogP contribution in [0.5, 0.6) is 5.75 Å². The highest BCUT2D eigenvalue weighted by Gasteiger charge is 2.16. The number of nitrogens with zero attached hydrogens (tertiary/aromatic N) is 1. The number of non-ortho nitro benzene ring substituents is 1. The number of rotatable bonds is 10. The van der Waals surface area contributed by atoms with Crippen LogP contribution in [0.1, 0.15) is 20.7 Å². The van der Waals surface area contributed by atoms with E-state index in [-0.39, 0.29) is 43.2 Å². The summed E-state index contributed by atoms with van der Waals surface area (Å²) in [6.45, 7) is 0.517. The molecule has 0 atom stereocenters. The third kappa shape index (κ3) is 6.08. The molecule has 9 heteroatoms. The zero-order valence-corrected chi connectivity index (χ0v) is 14.2.